The maximum Gasteiger partial charge on any atom is 0.249 e. The lowest BCUT2D eigenvalue weighted by Crippen LogP contribution is -1.92. The van der Waals surface area contributed by atoms with Crippen LogP contribution in [0.3, 0.4) is 0 Å². The summed E-state index contributed by atoms with van der Waals surface area (Å²) >= 11 is 3.48. The highest BCUT2D eigenvalue weighted by atomic mass is 79.9. The lowest BCUT2D eigenvalue weighted by Gasteiger charge is -2.02. The number of ether oxygens (including phenoxy) is 1. The molecule has 3 rings (SSSR count). The standard InChI is InChI=1S/C17H13BrN2O2/c1-2-11-21-13-9-7-12(8-10-13)16-19-20-17(22-16)14-5-3-4-6-15(14)18/h2-10H,1,11H2. The van der Waals surface area contributed by atoms with E-state index in [1.807, 2.05) is 48.5 Å². The van der Waals surface area contributed by atoms with Gasteiger partial charge < -0.3 is 9.15 Å². The van der Waals surface area contributed by atoms with E-state index in [4.69, 9.17) is 9.15 Å². The normalized spacial score (nSPS) is 10.4. The van der Waals surface area contributed by atoms with Gasteiger partial charge in [0.15, 0.2) is 0 Å². The Bertz CT molecular complexity index is 781. The Morgan fingerprint density at radius 1 is 1.05 bits per heavy atom. The van der Waals surface area contributed by atoms with E-state index in [1.54, 1.807) is 6.08 Å². The van der Waals surface area contributed by atoms with E-state index >= 15 is 0 Å². The van der Waals surface area contributed by atoms with Crippen LogP contribution in [0.5, 0.6) is 5.75 Å². The van der Waals surface area contributed by atoms with Crippen LogP contribution in [0.25, 0.3) is 22.9 Å². The molecule has 0 aliphatic carbocycles. The fraction of sp³-hybridized carbons (Fsp3) is 0.0588. The second-order valence-electron chi connectivity index (χ2n) is 4.52. The van der Waals surface area contributed by atoms with Gasteiger partial charge in [0.05, 0.1) is 5.56 Å². The van der Waals surface area contributed by atoms with Crippen LogP contribution in [-0.2, 0) is 0 Å². The SMILES string of the molecule is C=CCOc1ccc(-c2nnc(-c3ccccc3Br)o2)cc1. The molecule has 0 unspecified atom stereocenters. The molecule has 110 valence electrons. The number of rotatable bonds is 5. The van der Waals surface area contributed by atoms with Crippen molar-refractivity contribution in [3.63, 3.8) is 0 Å². The second kappa shape index (κ2) is 6.58. The van der Waals surface area contributed by atoms with Crippen LogP contribution in [-0.4, -0.2) is 16.8 Å². The number of hydrogen-bond acceptors (Lipinski definition) is 4. The molecule has 0 saturated carbocycles. The Kier molecular flexibility index (Phi) is 4.34. The highest BCUT2D eigenvalue weighted by Crippen LogP contribution is 2.29. The van der Waals surface area contributed by atoms with Crippen LogP contribution in [0.4, 0.5) is 0 Å². The Labute approximate surface area is 136 Å². The highest BCUT2D eigenvalue weighted by Gasteiger charge is 2.12. The summed E-state index contributed by atoms with van der Waals surface area (Å²) in [6.07, 6.45) is 1.70. The summed E-state index contributed by atoms with van der Waals surface area (Å²) < 4.78 is 12.1. The first-order chi connectivity index (χ1) is 10.8. The molecule has 0 fully saturated rings. The predicted molar refractivity (Wildman–Crippen MR) is 88.6 cm³/mol. The minimum Gasteiger partial charge on any atom is -0.490 e. The van der Waals surface area contributed by atoms with Crippen LogP contribution < -0.4 is 4.74 Å². The fourth-order valence-electron chi connectivity index (χ4n) is 1.93. The van der Waals surface area contributed by atoms with Crippen LogP contribution in [0.15, 0.2) is 70.1 Å². The molecular weight excluding hydrogens is 344 g/mol. The Morgan fingerprint density at radius 3 is 2.50 bits per heavy atom. The van der Waals surface area contributed by atoms with Gasteiger partial charge in [-0.2, -0.15) is 0 Å². The third kappa shape index (κ3) is 3.09. The molecule has 0 spiro atoms. The van der Waals surface area contributed by atoms with Crippen molar-refractivity contribution in [3.05, 3.63) is 65.7 Å². The summed E-state index contributed by atoms with van der Waals surface area (Å²) in [5.41, 5.74) is 1.71. The molecule has 0 radical (unpaired) electrons. The Hall–Kier alpha value is -2.40. The van der Waals surface area contributed by atoms with Crippen LogP contribution in [0, 0.1) is 0 Å². The van der Waals surface area contributed by atoms with E-state index in [0.717, 1.165) is 21.3 Å². The zero-order chi connectivity index (χ0) is 15.4. The highest BCUT2D eigenvalue weighted by molar-refractivity contribution is 9.10. The average molecular weight is 357 g/mol. The molecule has 0 bridgehead atoms. The monoisotopic (exact) mass is 356 g/mol. The number of aromatic nitrogens is 2. The van der Waals surface area contributed by atoms with Crippen molar-refractivity contribution in [2.45, 2.75) is 0 Å². The molecule has 0 saturated heterocycles. The Morgan fingerprint density at radius 2 is 1.77 bits per heavy atom. The van der Waals surface area contributed by atoms with Gasteiger partial charge in [0, 0.05) is 10.0 Å². The van der Waals surface area contributed by atoms with Crippen molar-refractivity contribution in [3.8, 4) is 28.7 Å². The van der Waals surface area contributed by atoms with Crippen molar-refractivity contribution in [2.24, 2.45) is 0 Å². The van der Waals surface area contributed by atoms with Crippen molar-refractivity contribution in [1.29, 1.82) is 0 Å². The van der Waals surface area contributed by atoms with Gasteiger partial charge >= 0.3 is 0 Å². The van der Waals surface area contributed by atoms with Gasteiger partial charge in [-0.15, -0.1) is 10.2 Å². The fourth-order valence-corrected chi connectivity index (χ4v) is 2.39. The molecule has 1 heterocycles. The van der Waals surface area contributed by atoms with Gasteiger partial charge in [0.25, 0.3) is 0 Å². The van der Waals surface area contributed by atoms with E-state index in [1.165, 1.54) is 0 Å². The summed E-state index contributed by atoms with van der Waals surface area (Å²) in [6, 6.07) is 15.2. The smallest absolute Gasteiger partial charge is 0.249 e. The molecule has 1 aromatic heterocycles. The molecule has 22 heavy (non-hydrogen) atoms. The van der Waals surface area contributed by atoms with E-state index in [0.29, 0.717) is 18.4 Å². The molecule has 0 atom stereocenters. The summed E-state index contributed by atoms with van der Waals surface area (Å²) in [5, 5.41) is 8.21. The molecule has 4 nitrogen and oxygen atoms in total. The third-order valence-corrected chi connectivity index (χ3v) is 3.69. The molecule has 0 aliphatic rings. The van der Waals surface area contributed by atoms with E-state index in [2.05, 4.69) is 32.7 Å². The van der Waals surface area contributed by atoms with Crippen molar-refractivity contribution in [2.75, 3.05) is 6.61 Å². The first kappa shape index (κ1) is 14.5. The maximum atomic E-state index is 5.75. The van der Waals surface area contributed by atoms with Gasteiger partial charge in [0.2, 0.25) is 11.8 Å². The maximum absolute atomic E-state index is 5.75. The molecule has 0 amide bonds. The van der Waals surface area contributed by atoms with Crippen molar-refractivity contribution in [1.82, 2.24) is 10.2 Å². The minimum atomic E-state index is 0.473. The van der Waals surface area contributed by atoms with Gasteiger partial charge in [-0.25, -0.2) is 0 Å². The quantitative estimate of drug-likeness (QED) is 0.620. The second-order valence-corrected chi connectivity index (χ2v) is 5.37. The molecule has 3 aromatic rings. The van der Waals surface area contributed by atoms with Gasteiger partial charge in [-0.1, -0.05) is 24.8 Å². The number of nitrogens with zero attached hydrogens (tertiary/aromatic N) is 2. The Balaban J connectivity index is 1.84. The summed E-state index contributed by atoms with van der Waals surface area (Å²) in [7, 11) is 0. The topological polar surface area (TPSA) is 48.2 Å². The van der Waals surface area contributed by atoms with Gasteiger partial charge in [0.1, 0.15) is 12.4 Å². The zero-order valence-electron chi connectivity index (χ0n) is 11.7. The first-order valence-corrected chi connectivity index (χ1v) is 7.50. The van der Waals surface area contributed by atoms with Crippen molar-refractivity contribution >= 4 is 15.9 Å². The van der Waals surface area contributed by atoms with Crippen LogP contribution >= 0.6 is 15.9 Å². The van der Waals surface area contributed by atoms with Crippen LogP contribution in [0.2, 0.25) is 0 Å². The molecular formula is C17H13BrN2O2. The van der Waals surface area contributed by atoms with E-state index in [-0.39, 0.29) is 0 Å². The third-order valence-electron chi connectivity index (χ3n) is 3.00. The van der Waals surface area contributed by atoms with Crippen LogP contribution in [0.1, 0.15) is 0 Å². The number of hydrogen-bond donors (Lipinski definition) is 0. The van der Waals surface area contributed by atoms with E-state index in [9.17, 15) is 0 Å². The lowest BCUT2D eigenvalue weighted by atomic mass is 10.2. The van der Waals surface area contributed by atoms with Gasteiger partial charge in [-0.05, 0) is 52.3 Å². The first-order valence-electron chi connectivity index (χ1n) is 6.70. The number of halogens is 1. The van der Waals surface area contributed by atoms with Crippen molar-refractivity contribution < 1.29 is 9.15 Å². The minimum absolute atomic E-state index is 0.473. The zero-order valence-corrected chi connectivity index (χ0v) is 13.3. The van der Waals surface area contributed by atoms with Gasteiger partial charge in [-0.3, -0.25) is 0 Å². The molecule has 0 N–H and O–H groups in total. The largest absolute Gasteiger partial charge is 0.490 e. The summed E-state index contributed by atoms with van der Waals surface area (Å²) in [5.74, 6) is 1.73. The predicted octanol–water partition coefficient (Wildman–Crippen LogP) is 4.73. The summed E-state index contributed by atoms with van der Waals surface area (Å²) in [4.78, 5) is 0. The molecule has 0 aliphatic heterocycles. The molecule has 5 heteroatoms. The lowest BCUT2D eigenvalue weighted by molar-refractivity contribution is 0.363. The van der Waals surface area contributed by atoms with E-state index < -0.39 is 0 Å². The summed E-state index contributed by atoms with van der Waals surface area (Å²) in [6.45, 7) is 4.10. The number of benzene rings is 2. The average Bonchev–Trinajstić information content (AvgIpc) is 3.03. The molecule has 2 aromatic carbocycles.